The van der Waals surface area contributed by atoms with Gasteiger partial charge in [-0.25, -0.2) is 4.58 Å². The molecule has 0 rings (SSSR count). The standard InChI is InChI=1S/C13H29N3S/c1-6-9-12(11(4)7-2)15-13(17-8-3)16(5)10-14/h11-12H,6-10,14H2,1-5H3/p+1. The Labute approximate surface area is 111 Å². The minimum Gasteiger partial charge on any atom is -0.295 e. The number of hydrogen-bond acceptors (Lipinski definition) is 2. The van der Waals surface area contributed by atoms with E-state index in [1.54, 1.807) is 0 Å². The zero-order valence-electron chi connectivity index (χ0n) is 12.1. The van der Waals surface area contributed by atoms with Gasteiger partial charge in [-0.15, -0.1) is 0 Å². The highest BCUT2D eigenvalue weighted by atomic mass is 32.2. The Morgan fingerprint density at radius 3 is 2.41 bits per heavy atom. The predicted octanol–water partition coefficient (Wildman–Crippen LogP) is 2.46. The maximum absolute atomic E-state index is 5.71. The molecule has 0 aliphatic heterocycles. The third kappa shape index (κ3) is 6.32. The number of hydrogen-bond donors (Lipinski definition) is 2. The topological polar surface area (TPSA) is 41.1 Å². The molecule has 0 aromatic rings. The van der Waals surface area contributed by atoms with Gasteiger partial charge in [-0.3, -0.25) is 11.1 Å². The first-order valence-corrected chi connectivity index (χ1v) is 7.76. The van der Waals surface area contributed by atoms with E-state index in [-0.39, 0.29) is 0 Å². The molecule has 0 aromatic carbocycles. The molecule has 2 unspecified atom stereocenters. The molecular formula is C13H30N3S+. The smallest absolute Gasteiger partial charge is 0.295 e. The molecule has 0 aromatic heterocycles. The van der Waals surface area contributed by atoms with E-state index < -0.39 is 0 Å². The summed E-state index contributed by atoms with van der Waals surface area (Å²) in [7, 11) is 2.05. The zero-order valence-corrected chi connectivity index (χ0v) is 12.9. The van der Waals surface area contributed by atoms with Crippen LogP contribution in [0.2, 0.25) is 0 Å². The minimum absolute atomic E-state index is 0.563. The molecule has 0 heterocycles. The SMILES string of the molecule is CCCC(NC(SCC)=[N+](C)CN)C(C)CC. The van der Waals surface area contributed by atoms with Crippen LogP contribution in [-0.2, 0) is 0 Å². The van der Waals surface area contributed by atoms with Crippen LogP contribution in [0.15, 0.2) is 0 Å². The summed E-state index contributed by atoms with van der Waals surface area (Å²) in [6.45, 7) is 9.57. The van der Waals surface area contributed by atoms with Crippen LogP contribution in [0.25, 0.3) is 0 Å². The highest BCUT2D eigenvalue weighted by Crippen LogP contribution is 2.14. The molecular weight excluding hydrogens is 230 g/mol. The molecule has 102 valence electrons. The van der Waals surface area contributed by atoms with Crippen LogP contribution < -0.4 is 11.1 Å². The molecule has 0 saturated carbocycles. The van der Waals surface area contributed by atoms with Crippen molar-refractivity contribution in [3.63, 3.8) is 0 Å². The highest BCUT2D eigenvalue weighted by molar-refractivity contribution is 8.13. The van der Waals surface area contributed by atoms with Gasteiger partial charge < -0.3 is 0 Å². The molecule has 0 spiro atoms. The fourth-order valence-corrected chi connectivity index (χ4v) is 2.54. The van der Waals surface area contributed by atoms with Gasteiger partial charge in [-0.1, -0.05) is 34.1 Å². The summed E-state index contributed by atoms with van der Waals surface area (Å²) in [6.07, 6.45) is 3.66. The van der Waals surface area contributed by atoms with Gasteiger partial charge in [-0.05, 0) is 30.5 Å². The Morgan fingerprint density at radius 1 is 1.35 bits per heavy atom. The molecule has 0 radical (unpaired) electrons. The number of nitrogens with zero attached hydrogens (tertiary/aromatic N) is 1. The highest BCUT2D eigenvalue weighted by Gasteiger charge is 2.22. The van der Waals surface area contributed by atoms with Crippen LogP contribution >= 0.6 is 11.8 Å². The maximum atomic E-state index is 5.71. The molecule has 0 bridgehead atoms. The van der Waals surface area contributed by atoms with Crippen molar-refractivity contribution in [3.8, 4) is 0 Å². The second-order valence-corrected chi connectivity index (χ2v) is 5.80. The van der Waals surface area contributed by atoms with Gasteiger partial charge in [0, 0.05) is 5.75 Å². The first-order chi connectivity index (χ1) is 8.10. The molecule has 0 aliphatic rings. The summed E-state index contributed by atoms with van der Waals surface area (Å²) in [4.78, 5) is 0. The predicted molar refractivity (Wildman–Crippen MR) is 79.7 cm³/mol. The van der Waals surface area contributed by atoms with Crippen LogP contribution in [0.3, 0.4) is 0 Å². The number of rotatable bonds is 7. The lowest BCUT2D eigenvalue weighted by Gasteiger charge is -2.21. The number of amidine groups is 1. The zero-order chi connectivity index (χ0) is 13.3. The maximum Gasteiger partial charge on any atom is 0.307 e. The Hall–Kier alpha value is -0.220. The number of nitrogens with one attached hydrogen (secondary N) is 1. The summed E-state index contributed by atoms with van der Waals surface area (Å²) >= 11 is 1.84. The lowest BCUT2D eigenvalue weighted by Crippen LogP contribution is -2.42. The number of nitrogens with two attached hydrogens (primary N) is 1. The van der Waals surface area contributed by atoms with Crippen molar-refractivity contribution < 1.29 is 4.58 Å². The second-order valence-electron chi connectivity index (χ2n) is 4.54. The van der Waals surface area contributed by atoms with E-state index in [4.69, 9.17) is 5.73 Å². The molecule has 0 aliphatic carbocycles. The average Bonchev–Trinajstić information content (AvgIpc) is 2.35. The van der Waals surface area contributed by atoms with E-state index >= 15 is 0 Å². The Bertz CT molecular complexity index is 229. The van der Waals surface area contributed by atoms with Crippen LogP contribution in [0.4, 0.5) is 0 Å². The molecule has 2 atom stereocenters. The van der Waals surface area contributed by atoms with E-state index in [2.05, 4.69) is 37.6 Å². The fourth-order valence-electron chi connectivity index (χ4n) is 1.73. The summed E-state index contributed by atoms with van der Waals surface area (Å²) in [5.41, 5.74) is 5.71. The lowest BCUT2D eigenvalue weighted by atomic mass is 9.95. The van der Waals surface area contributed by atoms with Crippen molar-refractivity contribution in [2.45, 2.75) is 53.0 Å². The largest absolute Gasteiger partial charge is 0.307 e. The quantitative estimate of drug-likeness (QED) is 0.320. The molecule has 4 heteroatoms. The van der Waals surface area contributed by atoms with Crippen molar-refractivity contribution in [1.29, 1.82) is 0 Å². The Balaban J connectivity index is 4.67. The van der Waals surface area contributed by atoms with E-state index in [1.807, 2.05) is 18.8 Å². The van der Waals surface area contributed by atoms with E-state index in [1.165, 1.54) is 24.4 Å². The van der Waals surface area contributed by atoms with Crippen LogP contribution in [-0.4, -0.2) is 35.3 Å². The van der Waals surface area contributed by atoms with Crippen molar-refractivity contribution in [2.24, 2.45) is 11.7 Å². The number of thioether (sulfide) groups is 1. The summed E-state index contributed by atoms with van der Waals surface area (Å²) in [5.74, 6) is 1.78. The minimum atomic E-state index is 0.563. The van der Waals surface area contributed by atoms with Crippen molar-refractivity contribution >= 4 is 16.9 Å². The van der Waals surface area contributed by atoms with E-state index in [0.717, 1.165) is 5.75 Å². The lowest BCUT2D eigenvalue weighted by molar-refractivity contribution is -0.495. The van der Waals surface area contributed by atoms with Gasteiger partial charge in [0.25, 0.3) is 0 Å². The van der Waals surface area contributed by atoms with Gasteiger partial charge in [0.2, 0.25) is 0 Å². The Morgan fingerprint density at radius 2 is 2.00 bits per heavy atom. The third-order valence-electron chi connectivity index (χ3n) is 3.14. The van der Waals surface area contributed by atoms with Gasteiger partial charge in [0.15, 0.2) is 0 Å². The molecule has 0 saturated heterocycles. The van der Waals surface area contributed by atoms with Crippen LogP contribution in [0.5, 0.6) is 0 Å². The van der Waals surface area contributed by atoms with E-state index in [9.17, 15) is 0 Å². The summed E-state index contributed by atoms with van der Waals surface area (Å²) in [6, 6.07) is 0.563. The molecule has 17 heavy (non-hydrogen) atoms. The van der Waals surface area contributed by atoms with Gasteiger partial charge in [0.1, 0.15) is 6.67 Å². The van der Waals surface area contributed by atoms with Crippen molar-refractivity contribution in [3.05, 3.63) is 0 Å². The first kappa shape index (κ1) is 16.8. The van der Waals surface area contributed by atoms with E-state index in [0.29, 0.717) is 18.6 Å². The van der Waals surface area contributed by atoms with Gasteiger partial charge in [0.05, 0.1) is 13.1 Å². The fraction of sp³-hybridized carbons (Fsp3) is 0.923. The molecule has 0 amide bonds. The van der Waals surface area contributed by atoms with Gasteiger partial charge >= 0.3 is 5.17 Å². The second kappa shape index (κ2) is 9.77. The summed E-state index contributed by atoms with van der Waals surface area (Å²) in [5, 5.41) is 4.90. The summed E-state index contributed by atoms with van der Waals surface area (Å²) < 4.78 is 2.10. The molecule has 0 fully saturated rings. The van der Waals surface area contributed by atoms with Crippen molar-refractivity contribution in [1.82, 2.24) is 5.32 Å². The van der Waals surface area contributed by atoms with Crippen LogP contribution in [0, 0.1) is 5.92 Å². The average molecular weight is 260 g/mol. The molecule has 3 nitrogen and oxygen atoms in total. The first-order valence-electron chi connectivity index (χ1n) is 6.78. The van der Waals surface area contributed by atoms with Crippen molar-refractivity contribution in [2.75, 3.05) is 19.5 Å². The third-order valence-corrected chi connectivity index (χ3v) is 4.13. The van der Waals surface area contributed by atoms with Crippen LogP contribution in [0.1, 0.15) is 47.0 Å². The Kier molecular flexibility index (Phi) is 9.65. The molecule has 3 N–H and O–H groups in total. The van der Waals surface area contributed by atoms with Gasteiger partial charge in [-0.2, -0.15) is 0 Å². The monoisotopic (exact) mass is 260 g/mol. The normalized spacial score (nSPS) is 16.4.